The molecular weight excluding hydrogens is 256 g/mol. The van der Waals surface area contributed by atoms with E-state index in [9.17, 15) is 0 Å². The lowest BCUT2D eigenvalue weighted by Gasteiger charge is -2.11. The molecule has 0 aromatic heterocycles. The van der Waals surface area contributed by atoms with Gasteiger partial charge in [0.2, 0.25) is 0 Å². The maximum absolute atomic E-state index is 6.00. The van der Waals surface area contributed by atoms with Crippen molar-refractivity contribution in [1.82, 2.24) is 5.32 Å². The lowest BCUT2D eigenvalue weighted by Crippen LogP contribution is -2.20. The second-order valence-electron chi connectivity index (χ2n) is 4.92. The van der Waals surface area contributed by atoms with E-state index in [2.05, 4.69) is 11.4 Å². The lowest BCUT2D eigenvalue weighted by atomic mass is 10.1. The number of anilines is 1. The number of nitrogen functional groups attached to an aromatic ring is 1. The number of ether oxygens (including phenoxy) is 1. The predicted octanol–water partition coefficient (Wildman–Crippen LogP) is 3.29. The molecule has 1 aliphatic heterocycles. The van der Waals surface area contributed by atoms with Gasteiger partial charge in [-0.25, -0.2) is 0 Å². The topological polar surface area (TPSA) is 47.3 Å². The van der Waals surface area contributed by atoms with Gasteiger partial charge >= 0.3 is 0 Å². The van der Waals surface area contributed by atoms with Crippen LogP contribution in [0.5, 0.6) is 5.75 Å². The summed E-state index contributed by atoms with van der Waals surface area (Å²) in [6.07, 6.45) is 5.19. The van der Waals surface area contributed by atoms with Crippen molar-refractivity contribution in [3.05, 3.63) is 18.2 Å². The van der Waals surface area contributed by atoms with Gasteiger partial charge in [0.05, 0.1) is 6.61 Å². The van der Waals surface area contributed by atoms with Crippen LogP contribution in [0.25, 0.3) is 0 Å². The lowest BCUT2D eigenvalue weighted by molar-refractivity contribution is 0.339. The molecule has 0 radical (unpaired) electrons. The third-order valence-electron chi connectivity index (χ3n) is 3.41. The molecule has 3 N–H and O–H groups in total. The largest absolute Gasteiger partial charge is 0.494 e. The quantitative estimate of drug-likeness (QED) is 0.457. The van der Waals surface area contributed by atoms with Crippen molar-refractivity contribution in [3.63, 3.8) is 0 Å². The standard InChI is InChI=1S/C15H24N2OS/c1-2-18-13-7-8-14(16)15(11-13)19-10-4-6-12-5-3-9-17-12/h7-8,11-12,17H,2-6,9-10,16H2,1H3. The first kappa shape index (κ1) is 14.5. The molecule has 0 spiro atoms. The van der Waals surface area contributed by atoms with Gasteiger partial charge in [0.15, 0.2) is 0 Å². The third kappa shape index (κ3) is 4.62. The Bertz CT molecular complexity index is 392. The predicted molar refractivity (Wildman–Crippen MR) is 83.0 cm³/mol. The van der Waals surface area contributed by atoms with Crippen molar-refractivity contribution in [2.75, 3.05) is 24.6 Å². The van der Waals surface area contributed by atoms with E-state index in [1.807, 2.05) is 30.8 Å². The van der Waals surface area contributed by atoms with Crippen LogP contribution in [0.4, 0.5) is 5.69 Å². The second-order valence-corrected chi connectivity index (χ2v) is 6.05. The van der Waals surface area contributed by atoms with Crippen LogP contribution < -0.4 is 15.8 Å². The van der Waals surface area contributed by atoms with E-state index in [-0.39, 0.29) is 0 Å². The van der Waals surface area contributed by atoms with Crippen molar-refractivity contribution >= 4 is 17.4 Å². The summed E-state index contributed by atoms with van der Waals surface area (Å²) in [5.74, 6) is 2.04. The summed E-state index contributed by atoms with van der Waals surface area (Å²) in [4.78, 5) is 1.14. The first-order chi connectivity index (χ1) is 9.29. The first-order valence-electron chi connectivity index (χ1n) is 7.18. The van der Waals surface area contributed by atoms with Gasteiger partial charge in [-0.1, -0.05) is 0 Å². The van der Waals surface area contributed by atoms with Gasteiger partial charge in [-0.3, -0.25) is 0 Å². The number of nitrogens with one attached hydrogen (secondary N) is 1. The van der Waals surface area contributed by atoms with E-state index in [4.69, 9.17) is 10.5 Å². The Labute approximate surface area is 120 Å². The molecule has 3 nitrogen and oxygen atoms in total. The summed E-state index contributed by atoms with van der Waals surface area (Å²) in [6, 6.07) is 6.67. The van der Waals surface area contributed by atoms with Gasteiger partial charge in [-0.05, 0) is 63.1 Å². The van der Waals surface area contributed by atoms with Crippen molar-refractivity contribution in [3.8, 4) is 5.75 Å². The molecule has 19 heavy (non-hydrogen) atoms. The van der Waals surface area contributed by atoms with Crippen LogP contribution in [0.2, 0.25) is 0 Å². The van der Waals surface area contributed by atoms with Crippen LogP contribution in [0.3, 0.4) is 0 Å². The first-order valence-corrected chi connectivity index (χ1v) is 8.16. The highest BCUT2D eigenvalue weighted by Gasteiger charge is 2.13. The minimum atomic E-state index is 0.696. The molecule has 1 fully saturated rings. The summed E-state index contributed by atoms with van der Waals surface area (Å²) in [7, 11) is 0. The summed E-state index contributed by atoms with van der Waals surface area (Å²) in [6.45, 7) is 3.89. The van der Waals surface area contributed by atoms with Crippen LogP contribution in [-0.2, 0) is 0 Å². The fraction of sp³-hybridized carbons (Fsp3) is 0.600. The zero-order valence-corrected chi connectivity index (χ0v) is 12.5. The average molecular weight is 280 g/mol. The molecule has 1 aromatic rings. The van der Waals surface area contributed by atoms with Crippen molar-refractivity contribution in [2.45, 2.75) is 43.5 Å². The smallest absolute Gasteiger partial charge is 0.120 e. The molecule has 1 heterocycles. The molecule has 1 unspecified atom stereocenters. The highest BCUT2D eigenvalue weighted by atomic mass is 32.2. The molecular formula is C15H24N2OS. The monoisotopic (exact) mass is 280 g/mol. The number of benzene rings is 1. The maximum atomic E-state index is 6.00. The van der Waals surface area contributed by atoms with Crippen LogP contribution >= 0.6 is 11.8 Å². The van der Waals surface area contributed by atoms with E-state index in [1.165, 1.54) is 32.2 Å². The van der Waals surface area contributed by atoms with Crippen LogP contribution in [-0.4, -0.2) is 24.9 Å². The van der Waals surface area contributed by atoms with Gasteiger partial charge in [0.1, 0.15) is 5.75 Å². The molecule has 1 aromatic carbocycles. The third-order valence-corrected chi connectivity index (χ3v) is 4.57. The highest BCUT2D eigenvalue weighted by molar-refractivity contribution is 7.99. The van der Waals surface area contributed by atoms with Crippen molar-refractivity contribution in [2.24, 2.45) is 0 Å². The summed E-state index contributed by atoms with van der Waals surface area (Å²) < 4.78 is 5.51. The fourth-order valence-corrected chi connectivity index (χ4v) is 3.38. The van der Waals surface area contributed by atoms with E-state index >= 15 is 0 Å². The Hall–Kier alpha value is -0.870. The minimum Gasteiger partial charge on any atom is -0.494 e. The molecule has 0 aliphatic carbocycles. The second kappa shape index (κ2) is 7.65. The van der Waals surface area contributed by atoms with Crippen LogP contribution in [0, 0.1) is 0 Å². The Balaban J connectivity index is 1.76. The van der Waals surface area contributed by atoms with Crippen molar-refractivity contribution in [1.29, 1.82) is 0 Å². The Morgan fingerprint density at radius 3 is 3.11 bits per heavy atom. The minimum absolute atomic E-state index is 0.696. The SMILES string of the molecule is CCOc1ccc(N)c(SCCCC2CCCN2)c1. The van der Waals surface area contributed by atoms with E-state index in [1.54, 1.807) is 0 Å². The van der Waals surface area contributed by atoms with E-state index in [0.29, 0.717) is 6.61 Å². The fourth-order valence-electron chi connectivity index (χ4n) is 2.41. The summed E-state index contributed by atoms with van der Waals surface area (Å²) >= 11 is 1.84. The van der Waals surface area contributed by atoms with Crippen LogP contribution in [0.1, 0.15) is 32.6 Å². The normalized spacial score (nSPS) is 18.7. The maximum Gasteiger partial charge on any atom is 0.120 e. The number of nitrogens with two attached hydrogens (primary N) is 1. The Morgan fingerprint density at radius 2 is 2.37 bits per heavy atom. The molecule has 4 heteroatoms. The molecule has 0 saturated carbocycles. The van der Waals surface area contributed by atoms with E-state index < -0.39 is 0 Å². The number of hydrogen-bond donors (Lipinski definition) is 2. The van der Waals surface area contributed by atoms with Gasteiger partial charge in [-0.2, -0.15) is 0 Å². The molecule has 0 amide bonds. The molecule has 1 aliphatic rings. The number of hydrogen-bond acceptors (Lipinski definition) is 4. The Morgan fingerprint density at radius 1 is 1.47 bits per heavy atom. The van der Waals surface area contributed by atoms with Gasteiger partial charge in [0.25, 0.3) is 0 Å². The van der Waals surface area contributed by atoms with E-state index in [0.717, 1.165) is 28.1 Å². The van der Waals surface area contributed by atoms with Gasteiger partial charge < -0.3 is 15.8 Å². The highest BCUT2D eigenvalue weighted by Crippen LogP contribution is 2.30. The van der Waals surface area contributed by atoms with Crippen molar-refractivity contribution < 1.29 is 4.74 Å². The molecule has 0 bridgehead atoms. The number of rotatable bonds is 7. The summed E-state index contributed by atoms with van der Waals surface area (Å²) in [5, 5.41) is 3.54. The summed E-state index contributed by atoms with van der Waals surface area (Å²) in [5.41, 5.74) is 6.86. The zero-order chi connectivity index (χ0) is 13.5. The molecule has 106 valence electrons. The molecule has 1 atom stereocenters. The zero-order valence-electron chi connectivity index (χ0n) is 11.7. The molecule has 2 rings (SSSR count). The van der Waals surface area contributed by atoms with Gasteiger partial charge in [-0.15, -0.1) is 11.8 Å². The van der Waals surface area contributed by atoms with Crippen LogP contribution in [0.15, 0.2) is 23.1 Å². The number of thioether (sulfide) groups is 1. The Kier molecular flexibility index (Phi) is 5.86. The van der Waals surface area contributed by atoms with Gasteiger partial charge in [0, 0.05) is 16.6 Å². The average Bonchev–Trinajstić information content (AvgIpc) is 2.91. The molecule has 1 saturated heterocycles.